The topological polar surface area (TPSA) is 44.1 Å². The monoisotopic (exact) mass is 298 g/mol. The van der Waals surface area contributed by atoms with Crippen LogP contribution in [0.2, 0.25) is 0 Å². The summed E-state index contributed by atoms with van der Waals surface area (Å²) in [5.41, 5.74) is 1.54. The van der Waals surface area contributed by atoms with Crippen LogP contribution >= 0.6 is 0 Å². The van der Waals surface area contributed by atoms with E-state index in [1.807, 2.05) is 24.3 Å². The number of unbranched alkanes of at least 4 members (excludes halogenated alkanes) is 2. The van der Waals surface area contributed by atoms with E-state index in [9.17, 15) is 4.79 Å². The molecule has 4 heteroatoms. The molecule has 0 unspecified atom stereocenters. The Labute approximate surface area is 131 Å². The highest BCUT2D eigenvalue weighted by Crippen LogP contribution is 2.14. The molecule has 0 atom stereocenters. The summed E-state index contributed by atoms with van der Waals surface area (Å²) in [4.78, 5) is 12.0. The van der Waals surface area contributed by atoms with E-state index in [1.54, 1.807) is 36.1 Å². The first-order chi connectivity index (χ1) is 10.7. The number of ether oxygens (including phenoxy) is 1. The summed E-state index contributed by atoms with van der Waals surface area (Å²) in [5, 5.41) is 3.99. The number of nitrogens with zero attached hydrogens (tertiary/aromatic N) is 2. The van der Waals surface area contributed by atoms with E-state index < -0.39 is 0 Å². The van der Waals surface area contributed by atoms with Crippen molar-refractivity contribution in [1.29, 1.82) is 0 Å². The van der Waals surface area contributed by atoms with E-state index in [2.05, 4.69) is 12.0 Å². The minimum atomic E-state index is -0.0557. The largest absolute Gasteiger partial charge is 0.494 e. The minimum absolute atomic E-state index is 0.0557. The van der Waals surface area contributed by atoms with Crippen molar-refractivity contribution < 1.29 is 9.53 Å². The second kappa shape index (κ2) is 8.17. The van der Waals surface area contributed by atoms with Gasteiger partial charge in [-0.1, -0.05) is 38.0 Å². The summed E-state index contributed by atoms with van der Waals surface area (Å²) < 4.78 is 7.23. The molecule has 116 valence electrons. The van der Waals surface area contributed by atoms with Crippen molar-refractivity contribution in [3.63, 3.8) is 0 Å². The molecule has 0 bridgehead atoms. The molecule has 4 nitrogen and oxygen atoms in total. The number of aryl methyl sites for hydroxylation is 1. The minimum Gasteiger partial charge on any atom is -0.494 e. The van der Waals surface area contributed by atoms with Gasteiger partial charge >= 0.3 is 0 Å². The summed E-state index contributed by atoms with van der Waals surface area (Å²) in [7, 11) is 1.76. The first kappa shape index (κ1) is 16.0. The first-order valence-electron chi connectivity index (χ1n) is 7.64. The molecule has 22 heavy (non-hydrogen) atoms. The van der Waals surface area contributed by atoms with Crippen molar-refractivity contribution in [1.82, 2.24) is 9.78 Å². The lowest BCUT2D eigenvalue weighted by molar-refractivity contribution is 0.103. The molecule has 1 aromatic heterocycles. The molecule has 0 aliphatic carbocycles. The van der Waals surface area contributed by atoms with Crippen molar-refractivity contribution >= 4 is 11.9 Å². The molecule has 0 fully saturated rings. The fraction of sp³-hybridized carbons (Fsp3) is 0.333. The maximum atomic E-state index is 12.0. The number of benzene rings is 1. The number of hydrogen-bond donors (Lipinski definition) is 0. The lowest BCUT2D eigenvalue weighted by Crippen LogP contribution is -2.03. The molecule has 0 radical (unpaired) electrons. The number of carbonyl (C=O) groups is 1. The van der Waals surface area contributed by atoms with Gasteiger partial charge in [-0.05, 0) is 36.3 Å². The Bertz CT molecular complexity index is 627. The summed E-state index contributed by atoms with van der Waals surface area (Å²) in [6.07, 6.45) is 8.45. The van der Waals surface area contributed by atoms with E-state index in [0.29, 0.717) is 5.69 Å². The Balaban J connectivity index is 1.89. The predicted octanol–water partition coefficient (Wildman–Crippen LogP) is 3.89. The number of ketones is 1. The maximum absolute atomic E-state index is 12.0. The van der Waals surface area contributed by atoms with Crippen LogP contribution in [0.15, 0.2) is 42.6 Å². The quantitative estimate of drug-likeness (QED) is 0.422. The number of carbonyl (C=O) groups excluding carboxylic acids is 1. The van der Waals surface area contributed by atoms with Crippen LogP contribution in [0.25, 0.3) is 6.08 Å². The molecular formula is C18H22N2O2. The van der Waals surface area contributed by atoms with Crippen LogP contribution in [0.1, 0.15) is 42.2 Å². The van der Waals surface area contributed by atoms with Gasteiger partial charge in [0, 0.05) is 13.2 Å². The fourth-order valence-electron chi connectivity index (χ4n) is 2.09. The molecule has 0 saturated heterocycles. The van der Waals surface area contributed by atoms with Gasteiger partial charge in [0.1, 0.15) is 11.4 Å². The molecule has 2 rings (SSSR count). The van der Waals surface area contributed by atoms with Crippen molar-refractivity contribution in [2.24, 2.45) is 7.05 Å². The highest BCUT2D eigenvalue weighted by molar-refractivity contribution is 6.05. The van der Waals surface area contributed by atoms with Gasteiger partial charge in [-0.25, -0.2) is 0 Å². The van der Waals surface area contributed by atoms with Gasteiger partial charge < -0.3 is 4.74 Å². The normalized spacial score (nSPS) is 11.0. The van der Waals surface area contributed by atoms with Gasteiger partial charge in [-0.15, -0.1) is 0 Å². The lowest BCUT2D eigenvalue weighted by Gasteiger charge is -2.05. The number of aromatic nitrogens is 2. The third kappa shape index (κ3) is 4.58. The van der Waals surface area contributed by atoms with Gasteiger partial charge in [-0.3, -0.25) is 9.48 Å². The standard InChI is InChI=1S/C18H22N2O2/c1-3-4-5-14-22-16-9-6-15(7-10-16)8-11-18(21)17-12-13-19-20(17)2/h6-13H,3-5,14H2,1-2H3/b11-8+. The van der Waals surface area contributed by atoms with Gasteiger partial charge in [-0.2, -0.15) is 5.10 Å². The van der Waals surface area contributed by atoms with Gasteiger partial charge in [0.05, 0.1) is 6.61 Å². The SMILES string of the molecule is CCCCCOc1ccc(/C=C/C(=O)c2ccnn2C)cc1. The predicted molar refractivity (Wildman–Crippen MR) is 88.0 cm³/mol. The van der Waals surface area contributed by atoms with Gasteiger partial charge in [0.25, 0.3) is 0 Å². The van der Waals surface area contributed by atoms with Gasteiger partial charge in [0.15, 0.2) is 0 Å². The lowest BCUT2D eigenvalue weighted by atomic mass is 10.1. The first-order valence-corrected chi connectivity index (χ1v) is 7.64. The fourth-order valence-corrected chi connectivity index (χ4v) is 2.09. The molecule has 0 spiro atoms. The van der Waals surface area contributed by atoms with Crippen LogP contribution in [-0.2, 0) is 7.05 Å². The van der Waals surface area contributed by atoms with Crippen LogP contribution < -0.4 is 4.74 Å². The third-order valence-electron chi connectivity index (χ3n) is 3.40. The average molecular weight is 298 g/mol. The van der Waals surface area contributed by atoms with Crippen LogP contribution in [0.5, 0.6) is 5.75 Å². The smallest absolute Gasteiger partial charge is 0.203 e. The molecule has 1 heterocycles. The second-order valence-corrected chi connectivity index (χ2v) is 5.16. The third-order valence-corrected chi connectivity index (χ3v) is 3.40. The van der Waals surface area contributed by atoms with E-state index in [4.69, 9.17) is 4.74 Å². The van der Waals surface area contributed by atoms with Crippen molar-refractivity contribution in [3.8, 4) is 5.75 Å². The maximum Gasteiger partial charge on any atom is 0.203 e. The van der Waals surface area contributed by atoms with E-state index >= 15 is 0 Å². The number of allylic oxidation sites excluding steroid dienone is 1. The Morgan fingerprint density at radius 1 is 1.23 bits per heavy atom. The summed E-state index contributed by atoms with van der Waals surface area (Å²) in [6.45, 7) is 2.93. The molecule has 0 aliphatic rings. The zero-order chi connectivity index (χ0) is 15.8. The van der Waals surface area contributed by atoms with E-state index in [-0.39, 0.29) is 5.78 Å². The zero-order valence-electron chi connectivity index (χ0n) is 13.2. The highest BCUT2D eigenvalue weighted by atomic mass is 16.5. The van der Waals surface area contributed by atoms with Crippen LogP contribution in [0.4, 0.5) is 0 Å². The van der Waals surface area contributed by atoms with Crippen molar-refractivity contribution in [3.05, 3.63) is 53.9 Å². The molecule has 1 aromatic carbocycles. The number of hydrogen-bond acceptors (Lipinski definition) is 3. The van der Waals surface area contributed by atoms with Gasteiger partial charge in [0.2, 0.25) is 5.78 Å². The zero-order valence-corrected chi connectivity index (χ0v) is 13.2. The Kier molecular flexibility index (Phi) is 5.95. The Hall–Kier alpha value is -2.36. The second-order valence-electron chi connectivity index (χ2n) is 5.16. The summed E-state index contributed by atoms with van der Waals surface area (Å²) in [5.74, 6) is 0.811. The molecular weight excluding hydrogens is 276 g/mol. The Morgan fingerprint density at radius 2 is 2.00 bits per heavy atom. The average Bonchev–Trinajstić information content (AvgIpc) is 2.96. The highest BCUT2D eigenvalue weighted by Gasteiger charge is 2.05. The van der Waals surface area contributed by atoms with Crippen molar-refractivity contribution in [2.45, 2.75) is 26.2 Å². The molecule has 0 saturated carbocycles. The Morgan fingerprint density at radius 3 is 2.64 bits per heavy atom. The summed E-state index contributed by atoms with van der Waals surface area (Å²) >= 11 is 0. The summed E-state index contributed by atoms with van der Waals surface area (Å²) in [6, 6.07) is 9.46. The number of rotatable bonds is 8. The van der Waals surface area contributed by atoms with E-state index in [0.717, 1.165) is 24.3 Å². The van der Waals surface area contributed by atoms with E-state index in [1.165, 1.54) is 12.8 Å². The molecule has 2 aromatic rings. The van der Waals surface area contributed by atoms with Crippen LogP contribution in [-0.4, -0.2) is 22.2 Å². The molecule has 0 amide bonds. The molecule has 0 N–H and O–H groups in total. The van der Waals surface area contributed by atoms with Crippen molar-refractivity contribution in [2.75, 3.05) is 6.61 Å². The molecule has 0 aliphatic heterocycles. The van der Waals surface area contributed by atoms with Crippen LogP contribution in [0, 0.1) is 0 Å². The van der Waals surface area contributed by atoms with Crippen LogP contribution in [0.3, 0.4) is 0 Å².